The van der Waals surface area contributed by atoms with E-state index in [9.17, 15) is 0 Å². The summed E-state index contributed by atoms with van der Waals surface area (Å²) in [5.41, 5.74) is 12.0. The monoisotopic (exact) mass is 262 g/mol. The summed E-state index contributed by atoms with van der Waals surface area (Å²) in [4.78, 5) is 14.4. The van der Waals surface area contributed by atoms with Crippen LogP contribution in [0.1, 0.15) is 5.82 Å². The van der Waals surface area contributed by atoms with Crippen molar-refractivity contribution >= 4 is 22.9 Å². The van der Waals surface area contributed by atoms with Gasteiger partial charge in [-0.3, -0.25) is 4.90 Å². The molecule has 9 nitrogen and oxygen atoms in total. The molecule has 1 fully saturated rings. The number of anilines is 2. The topological polar surface area (TPSA) is 129 Å². The van der Waals surface area contributed by atoms with Gasteiger partial charge in [0.2, 0.25) is 11.6 Å². The van der Waals surface area contributed by atoms with Crippen LogP contribution in [0.2, 0.25) is 0 Å². The first kappa shape index (κ1) is 11.9. The highest BCUT2D eigenvalue weighted by Crippen LogP contribution is 2.14. The van der Waals surface area contributed by atoms with E-state index in [0.29, 0.717) is 23.5 Å². The van der Waals surface area contributed by atoms with E-state index in [1.165, 1.54) is 0 Å². The summed E-state index contributed by atoms with van der Waals surface area (Å²) in [6.07, 6.45) is 0. The van der Waals surface area contributed by atoms with Crippen LogP contribution in [-0.2, 0) is 11.3 Å². The maximum absolute atomic E-state index is 5.76. The third-order valence-corrected chi connectivity index (χ3v) is 2.88. The Morgan fingerprint density at radius 3 is 2.63 bits per heavy atom. The summed E-state index contributed by atoms with van der Waals surface area (Å²) < 4.78 is 5.29. The molecule has 2 aromatic rings. The zero-order valence-corrected chi connectivity index (χ0v) is 10.3. The van der Waals surface area contributed by atoms with Gasteiger partial charge >= 0.3 is 0 Å². The van der Waals surface area contributed by atoms with Crippen LogP contribution in [0.3, 0.4) is 0 Å². The van der Waals surface area contributed by atoms with Gasteiger partial charge in [0.25, 0.3) is 0 Å². The Hall–Kier alpha value is -2.13. The van der Waals surface area contributed by atoms with E-state index in [-0.39, 0.29) is 11.8 Å². The van der Waals surface area contributed by atoms with Crippen LogP contribution in [-0.4, -0.2) is 56.4 Å². The average molecular weight is 262 g/mol. The van der Waals surface area contributed by atoms with Gasteiger partial charge in [-0.1, -0.05) is 0 Å². The van der Waals surface area contributed by atoms with Crippen molar-refractivity contribution < 1.29 is 4.74 Å². The third kappa shape index (κ3) is 2.51. The highest BCUT2D eigenvalue weighted by molar-refractivity contribution is 5.81. The van der Waals surface area contributed by atoms with Crippen molar-refractivity contribution in [3.8, 4) is 0 Å². The molecule has 0 spiro atoms. The molecule has 0 aromatic carbocycles. The number of morpholine rings is 1. The number of rotatable bonds is 2. The predicted octanol–water partition coefficient (Wildman–Crippen LogP) is -1.19. The second-order valence-corrected chi connectivity index (χ2v) is 4.26. The molecule has 0 atom stereocenters. The molecule has 4 N–H and O–H groups in total. The van der Waals surface area contributed by atoms with Gasteiger partial charge in [0.1, 0.15) is 0 Å². The van der Waals surface area contributed by atoms with Gasteiger partial charge in [-0.25, -0.2) is 4.98 Å². The molecule has 9 heteroatoms. The number of nitrogens with zero attached hydrogens (tertiary/aromatic N) is 6. The number of nitrogen functional groups attached to an aromatic ring is 2. The number of ether oxygens (including phenoxy) is 1. The molecule has 1 aliphatic heterocycles. The Balaban J connectivity index is 1.88. The van der Waals surface area contributed by atoms with Crippen molar-refractivity contribution in [2.75, 3.05) is 37.8 Å². The van der Waals surface area contributed by atoms with Crippen molar-refractivity contribution in [2.24, 2.45) is 0 Å². The minimum atomic E-state index is 0.0713. The minimum absolute atomic E-state index is 0.0713. The molecule has 3 heterocycles. The second kappa shape index (κ2) is 4.86. The first-order valence-electron chi connectivity index (χ1n) is 5.95. The highest BCUT2D eigenvalue weighted by atomic mass is 16.5. The lowest BCUT2D eigenvalue weighted by Crippen LogP contribution is -2.36. The summed E-state index contributed by atoms with van der Waals surface area (Å²) in [5.74, 6) is 0.886. The van der Waals surface area contributed by atoms with Crippen LogP contribution in [0.25, 0.3) is 11.2 Å². The molecule has 1 saturated heterocycles. The summed E-state index contributed by atoms with van der Waals surface area (Å²) >= 11 is 0. The Labute approximate surface area is 109 Å². The van der Waals surface area contributed by atoms with E-state index < -0.39 is 0 Å². The summed E-state index contributed by atoms with van der Waals surface area (Å²) in [7, 11) is 0. The normalized spacial score (nSPS) is 16.8. The lowest BCUT2D eigenvalue weighted by molar-refractivity contribution is 0.0330. The van der Waals surface area contributed by atoms with Crippen molar-refractivity contribution in [3.05, 3.63) is 5.82 Å². The van der Waals surface area contributed by atoms with E-state index >= 15 is 0 Å². The van der Waals surface area contributed by atoms with Gasteiger partial charge in [0, 0.05) is 13.1 Å². The standard InChI is InChI=1S/C10H14N8O/c11-8-7-9(15-10(12)14-8)17-16-6(13-7)5-18-1-3-19-4-2-18/h1-5H2,(H4,11,12,14,15,17). The van der Waals surface area contributed by atoms with Crippen LogP contribution in [0.4, 0.5) is 11.8 Å². The SMILES string of the molecule is Nc1nc(N)c2nc(CN3CCOCC3)nnc2n1. The van der Waals surface area contributed by atoms with Crippen LogP contribution in [0, 0.1) is 0 Å². The molecule has 0 amide bonds. The van der Waals surface area contributed by atoms with E-state index in [1.807, 2.05) is 0 Å². The van der Waals surface area contributed by atoms with Gasteiger partial charge in [0.15, 0.2) is 17.2 Å². The van der Waals surface area contributed by atoms with E-state index in [0.717, 1.165) is 26.3 Å². The lowest BCUT2D eigenvalue weighted by atomic mass is 10.4. The number of aromatic nitrogens is 5. The number of hydrogen-bond donors (Lipinski definition) is 2. The Kier molecular flexibility index (Phi) is 3.05. The molecule has 3 rings (SSSR count). The smallest absolute Gasteiger partial charge is 0.224 e. The molecule has 0 aliphatic carbocycles. The first-order valence-corrected chi connectivity index (χ1v) is 5.95. The zero-order chi connectivity index (χ0) is 13.2. The fourth-order valence-corrected chi connectivity index (χ4v) is 1.94. The van der Waals surface area contributed by atoms with E-state index in [1.54, 1.807) is 0 Å². The van der Waals surface area contributed by atoms with Crippen molar-refractivity contribution in [2.45, 2.75) is 6.54 Å². The average Bonchev–Trinajstić information content (AvgIpc) is 2.40. The molecule has 1 aliphatic rings. The molecule has 0 unspecified atom stereocenters. The summed E-state index contributed by atoms with van der Waals surface area (Å²) in [6, 6.07) is 0. The number of fused-ring (bicyclic) bond motifs is 1. The third-order valence-electron chi connectivity index (χ3n) is 2.88. The fraction of sp³-hybridized carbons (Fsp3) is 0.500. The van der Waals surface area contributed by atoms with Crippen LogP contribution in [0.5, 0.6) is 0 Å². The Bertz CT molecular complexity index is 597. The number of hydrogen-bond acceptors (Lipinski definition) is 9. The number of nitrogens with two attached hydrogens (primary N) is 2. The predicted molar refractivity (Wildman–Crippen MR) is 67.8 cm³/mol. The molecule has 0 radical (unpaired) electrons. The summed E-state index contributed by atoms with van der Waals surface area (Å²) in [5, 5.41) is 8.03. The maximum atomic E-state index is 5.76. The Morgan fingerprint density at radius 1 is 1.05 bits per heavy atom. The first-order chi connectivity index (χ1) is 9.22. The van der Waals surface area contributed by atoms with Crippen molar-refractivity contribution in [1.82, 2.24) is 30.0 Å². The largest absolute Gasteiger partial charge is 0.382 e. The van der Waals surface area contributed by atoms with Gasteiger partial charge in [-0.05, 0) is 0 Å². The van der Waals surface area contributed by atoms with Gasteiger partial charge < -0.3 is 16.2 Å². The second-order valence-electron chi connectivity index (χ2n) is 4.26. The van der Waals surface area contributed by atoms with Gasteiger partial charge in [-0.2, -0.15) is 9.97 Å². The van der Waals surface area contributed by atoms with E-state index in [2.05, 4.69) is 30.0 Å². The van der Waals surface area contributed by atoms with Crippen molar-refractivity contribution in [1.29, 1.82) is 0 Å². The molecule has 0 bridgehead atoms. The zero-order valence-electron chi connectivity index (χ0n) is 10.3. The molecular weight excluding hydrogens is 248 g/mol. The summed E-state index contributed by atoms with van der Waals surface area (Å²) in [6.45, 7) is 3.77. The van der Waals surface area contributed by atoms with Crippen LogP contribution < -0.4 is 11.5 Å². The van der Waals surface area contributed by atoms with Crippen LogP contribution in [0.15, 0.2) is 0 Å². The Morgan fingerprint density at radius 2 is 1.84 bits per heavy atom. The molecule has 19 heavy (non-hydrogen) atoms. The van der Waals surface area contributed by atoms with Gasteiger partial charge in [0.05, 0.1) is 19.8 Å². The lowest BCUT2D eigenvalue weighted by Gasteiger charge is -2.25. The fourth-order valence-electron chi connectivity index (χ4n) is 1.94. The van der Waals surface area contributed by atoms with E-state index in [4.69, 9.17) is 16.2 Å². The quantitative estimate of drug-likeness (QED) is 0.686. The molecule has 0 saturated carbocycles. The van der Waals surface area contributed by atoms with Gasteiger partial charge in [-0.15, -0.1) is 10.2 Å². The maximum Gasteiger partial charge on any atom is 0.224 e. The molecule has 100 valence electrons. The van der Waals surface area contributed by atoms with Crippen LogP contribution >= 0.6 is 0 Å². The highest BCUT2D eigenvalue weighted by Gasteiger charge is 2.14. The molecule has 2 aromatic heterocycles. The van der Waals surface area contributed by atoms with Crippen molar-refractivity contribution in [3.63, 3.8) is 0 Å². The molecular formula is C10H14N8O. The minimum Gasteiger partial charge on any atom is -0.382 e.